The molecule has 0 radical (unpaired) electrons. The molecular weight excluding hydrogens is 259 g/mol. The largest absolute Gasteiger partial charge is 0.380 e. The summed E-state index contributed by atoms with van der Waals surface area (Å²) in [4.78, 5) is 15.2. The van der Waals surface area contributed by atoms with Gasteiger partial charge in [0.15, 0.2) is 0 Å². The van der Waals surface area contributed by atoms with Gasteiger partial charge >= 0.3 is 0 Å². The SMILES string of the molecule is NCC(=O)Nc1ccc(NCc2ccc(F)cc2)cn1. The van der Waals surface area contributed by atoms with Crippen LogP contribution in [0.1, 0.15) is 5.56 Å². The van der Waals surface area contributed by atoms with Crippen molar-refractivity contribution in [3.63, 3.8) is 0 Å². The number of nitrogens with one attached hydrogen (secondary N) is 2. The molecule has 0 aliphatic carbocycles. The molecule has 1 aromatic heterocycles. The molecule has 0 aliphatic rings. The van der Waals surface area contributed by atoms with E-state index in [9.17, 15) is 9.18 Å². The molecule has 0 saturated heterocycles. The fourth-order valence-corrected chi connectivity index (χ4v) is 1.57. The van der Waals surface area contributed by atoms with E-state index in [1.54, 1.807) is 30.5 Å². The molecule has 1 heterocycles. The van der Waals surface area contributed by atoms with Gasteiger partial charge in [0.05, 0.1) is 18.4 Å². The fraction of sp³-hybridized carbons (Fsp3) is 0.143. The summed E-state index contributed by atoms with van der Waals surface area (Å²) < 4.78 is 12.8. The van der Waals surface area contributed by atoms with Crippen LogP contribution in [0.25, 0.3) is 0 Å². The van der Waals surface area contributed by atoms with Gasteiger partial charge in [-0.25, -0.2) is 9.37 Å². The van der Waals surface area contributed by atoms with Crippen molar-refractivity contribution in [3.05, 3.63) is 54.0 Å². The van der Waals surface area contributed by atoms with Crippen molar-refractivity contribution in [1.29, 1.82) is 0 Å². The van der Waals surface area contributed by atoms with E-state index in [1.807, 2.05) is 0 Å². The Morgan fingerprint density at radius 1 is 1.20 bits per heavy atom. The first kappa shape index (κ1) is 14.0. The number of anilines is 2. The van der Waals surface area contributed by atoms with Gasteiger partial charge in [-0.1, -0.05) is 12.1 Å². The number of halogens is 1. The maximum absolute atomic E-state index is 12.8. The van der Waals surface area contributed by atoms with E-state index in [2.05, 4.69) is 15.6 Å². The average Bonchev–Trinajstić information content (AvgIpc) is 2.48. The van der Waals surface area contributed by atoms with Crippen LogP contribution in [0, 0.1) is 5.82 Å². The summed E-state index contributed by atoms with van der Waals surface area (Å²) in [5.41, 5.74) is 6.96. The van der Waals surface area contributed by atoms with E-state index < -0.39 is 0 Å². The van der Waals surface area contributed by atoms with E-state index in [0.29, 0.717) is 12.4 Å². The number of rotatable bonds is 5. The third-order valence-corrected chi connectivity index (χ3v) is 2.63. The molecule has 104 valence electrons. The quantitative estimate of drug-likeness (QED) is 0.775. The number of hydrogen-bond donors (Lipinski definition) is 3. The van der Waals surface area contributed by atoms with Crippen molar-refractivity contribution < 1.29 is 9.18 Å². The molecule has 0 fully saturated rings. The van der Waals surface area contributed by atoms with E-state index in [-0.39, 0.29) is 18.3 Å². The standard InChI is InChI=1S/C14H15FN4O/c15-11-3-1-10(2-4-11)8-17-12-5-6-13(18-9-12)19-14(20)7-16/h1-6,9,17H,7-8,16H2,(H,18,19,20). The molecule has 0 bridgehead atoms. The lowest BCUT2D eigenvalue weighted by molar-refractivity contribution is -0.114. The average molecular weight is 274 g/mol. The van der Waals surface area contributed by atoms with E-state index in [0.717, 1.165) is 11.3 Å². The monoisotopic (exact) mass is 274 g/mol. The van der Waals surface area contributed by atoms with Gasteiger partial charge in [0, 0.05) is 6.54 Å². The third kappa shape index (κ3) is 4.03. The van der Waals surface area contributed by atoms with Crippen molar-refractivity contribution in [3.8, 4) is 0 Å². The van der Waals surface area contributed by atoms with Gasteiger partial charge in [-0.05, 0) is 29.8 Å². The minimum Gasteiger partial charge on any atom is -0.380 e. The maximum Gasteiger partial charge on any atom is 0.239 e. The topological polar surface area (TPSA) is 80.0 Å². The van der Waals surface area contributed by atoms with Crippen molar-refractivity contribution in [1.82, 2.24) is 4.98 Å². The number of carbonyl (C=O) groups excluding carboxylic acids is 1. The summed E-state index contributed by atoms with van der Waals surface area (Å²) in [6.07, 6.45) is 1.61. The van der Waals surface area contributed by atoms with Gasteiger partial charge in [-0.15, -0.1) is 0 Å². The Morgan fingerprint density at radius 3 is 2.55 bits per heavy atom. The smallest absolute Gasteiger partial charge is 0.239 e. The Balaban J connectivity index is 1.90. The molecular formula is C14H15FN4O. The highest BCUT2D eigenvalue weighted by atomic mass is 19.1. The predicted octanol–water partition coefficient (Wildman–Crippen LogP) is 1.73. The first-order valence-electron chi connectivity index (χ1n) is 6.11. The van der Waals surface area contributed by atoms with Crippen molar-refractivity contribution in [2.24, 2.45) is 5.73 Å². The maximum atomic E-state index is 12.8. The lowest BCUT2D eigenvalue weighted by Gasteiger charge is -2.07. The zero-order valence-corrected chi connectivity index (χ0v) is 10.8. The second kappa shape index (κ2) is 6.63. The number of hydrogen-bond acceptors (Lipinski definition) is 4. The molecule has 1 amide bonds. The third-order valence-electron chi connectivity index (χ3n) is 2.63. The Bertz CT molecular complexity index is 569. The van der Waals surface area contributed by atoms with Crippen LogP contribution in [0.2, 0.25) is 0 Å². The van der Waals surface area contributed by atoms with Crippen LogP contribution in [0.5, 0.6) is 0 Å². The molecule has 4 N–H and O–H groups in total. The number of benzene rings is 1. The van der Waals surface area contributed by atoms with Gasteiger partial charge in [-0.2, -0.15) is 0 Å². The number of amides is 1. The Hall–Kier alpha value is -2.47. The summed E-state index contributed by atoms with van der Waals surface area (Å²) in [5.74, 6) is -0.0901. The van der Waals surface area contributed by atoms with Gasteiger partial charge in [0.1, 0.15) is 11.6 Å². The predicted molar refractivity (Wildman–Crippen MR) is 75.6 cm³/mol. The van der Waals surface area contributed by atoms with Crippen LogP contribution in [-0.4, -0.2) is 17.4 Å². The summed E-state index contributed by atoms with van der Waals surface area (Å²) in [6, 6.07) is 9.74. The molecule has 2 aromatic rings. The number of carbonyl (C=O) groups is 1. The van der Waals surface area contributed by atoms with Crippen LogP contribution < -0.4 is 16.4 Å². The number of nitrogens with zero attached hydrogens (tertiary/aromatic N) is 1. The second-order valence-corrected chi connectivity index (χ2v) is 4.16. The second-order valence-electron chi connectivity index (χ2n) is 4.16. The van der Waals surface area contributed by atoms with Crippen molar-refractivity contribution in [2.75, 3.05) is 17.2 Å². The highest BCUT2D eigenvalue weighted by molar-refractivity contribution is 5.91. The molecule has 5 nitrogen and oxygen atoms in total. The van der Waals surface area contributed by atoms with Crippen LogP contribution in [-0.2, 0) is 11.3 Å². The number of aromatic nitrogens is 1. The lowest BCUT2D eigenvalue weighted by Crippen LogP contribution is -2.22. The molecule has 0 aliphatic heterocycles. The summed E-state index contributed by atoms with van der Waals surface area (Å²) in [7, 11) is 0. The first-order valence-corrected chi connectivity index (χ1v) is 6.11. The number of nitrogens with two attached hydrogens (primary N) is 1. The lowest BCUT2D eigenvalue weighted by atomic mass is 10.2. The van der Waals surface area contributed by atoms with E-state index in [4.69, 9.17) is 5.73 Å². The molecule has 0 spiro atoms. The van der Waals surface area contributed by atoms with Crippen LogP contribution in [0.3, 0.4) is 0 Å². The van der Waals surface area contributed by atoms with Crippen LogP contribution in [0.15, 0.2) is 42.6 Å². The van der Waals surface area contributed by atoms with E-state index in [1.165, 1.54) is 12.1 Å². The molecule has 0 unspecified atom stereocenters. The summed E-state index contributed by atoms with van der Waals surface area (Å²) in [6.45, 7) is 0.489. The highest BCUT2D eigenvalue weighted by Crippen LogP contribution is 2.11. The Labute approximate surface area is 116 Å². The molecule has 0 atom stereocenters. The van der Waals surface area contributed by atoms with Crippen LogP contribution >= 0.6 is 0 Å². The van der Waals surface area contributed by atoms with Crippen molar-refractivity contribution >= 4 is 17.4 Å². The van der Waals surface area contributed by atoms with Crippen LogP contribution in [0.4, 0.5) is 15.9 Å². The Kier molecular flexibility index (Phi) is 4.62. The minimum atomic E-state index is -0.287. The van der Waals surface area contributed by atoms with E-state index >= 15 is 0 Å². The minimum absolute atomic E-state index is 0.0771. The summed E-state index contributed by atoms with van der Waals surface area (Å²) in [5, 5.41) is 5.71. The van der Waals surface area contributed by atoms with Crippen molar-refractivity contribution in [2.45, 2.75) is 6.54 Å². The van der Waals surface area contributed by atoms with Gasteiger partial charge < -0.3 is 16.4 Å². The molecule has 2 rings (SSSR count). The normalized spacial score (nSPS) is 10.1. The summed E-state index contributed by atoms with van der Waals surface area (Å²) >= 11 is 0. The molecule has 20 heavy (non-hydrogen) atoms. The molecule has 1 aromatic carbocycles. The van der Waals surface area contributed by atoms with Gasteiger partial charge in [0.2, 0.25) is 5.91 Å². The zero-order valence-electron chi connectivity index (χ0n) is 10.8. The zero-order chi connectivity index (χ0) is 14.4. The first-order chi connectivity index (χ1) is 9.67. The highest BCUT2D eigenvalue weighted by Gasteiger charge is 2.00. The van der Waals surface area contributed by atoms with Gasteiger partial charge in [0.25, 0.3) is 0 Å². The fourth-order valence-electron chi connectivity index (χ4n) is 1.57. The van der Waals surface area contributed by atoms with Gasteiger partial charge in [-0.3, -0.25) is 4.79 Å². The molecule has 6 heteroatoms. The Morgan fingerprint density at radius 2 is 1.95 bits per heavy atom. The molecule has 0 saturated carbocycles. The number of pyridine rings is 1.